The first-order chi connectivity index (χ1) is 9.24. The van der Waals surface area contributed by atoms with Gasteiger partial charge in [-0.3, -0.25) is 4.79 Å². The maximum Gasteiger partial charge on any atom is 0.412 e. The second-order valence-electron chi connectivity index (χ2n) is 4.58. The molecule has 0 aromatic carbocycles. The summed E-state index contributed by atoms with van der Waals surface area (Å²) >= 11 is 0. The first-order valence-electron chi connectivity index (χ1n) is 6.27. The van der Waals surface area contributed by atoms with E-state index in [1.807, 2.05) is 0 Å². The SMILES string of the molecule is CCC(CC(=O)O)NC(=O)N1CC=C(C(F)(F)F)CC1. The number of hydrogen-bond acceptors (Lipinski definition) is 2. The topological polar surface area (TPSA) is 69.6 Å². The van der Waals surface area contributed by atoms with Crippen LogP contribution in [-0.4, -0.2) is 47.3 Å². The predicted octanol–water partition coefficient (Wildman–Crippen LogP) is 2.14. The number of halogens is 3. The summed E-state index contributed by atoms with van der Waals surface area (Å²) in [5, 5.41) is 11.2. The third kappa shape index (κ3) is 4.75. The van der Waals surface area contributed by atoms with Gasteiger partial charge in [-0.15, -0.1) is 0 Å². The van der Waals surface area contributed by atoms with Crippen LogP contribution in [0.15, 0.2) is 11.6 Å². The molecule has 1 aliphatic heterocycles. The van der Waals surface area contributed by atoms with Gasteiger partial charge in [0, 0.05) is 24.7 Å². The Morgan fingerprint density at radius 2 is 2.15 bits per heavy atom. The van der Waals surface area contributed by atoms with Crippen LogP contribution in [0.4, 0.5) is 18.0 Å². The molecule has 0 aliphatic carbocycles. The molecular weight excluding hydrogens is 277 g/mol. The predicted molar refractivity (Wildman–Crippen MR) is 65.2 cm³/mol. The van der Waals surface area contributed by atoms with Crippen molar-refractivity contribution in [2.24, 2.45) is 0 Å². The highest BCUT2D eigenvalue weighted by Crippen LogP contribution is 2.30. The molecule has 1 atom stereocenters. The van der Waals surface area contributed by atoms with Gasteiger partial charge in [-0.2, -0.15) is 13.2 Å². The van der Waals surface area contributed by atoms with Crippen LogP contribution in [0.1, 0.15) is 26.2 Å². The Balaban J connectivity index is 2.54. The summed E-state index contributed by atoms with van der Waals surface area (Å²) in [6.45, 7) is 1.58. The lowest BCUT2D eigenvalue weighted by Gasteiger charge is -2.29. The highest BCUT2D eigenvalue weighted by Gasteiger charge is 2.35. The molecule has 1 rings (SSSR count). The molecule has 1 aliphatic rings. The molecule has 8 heteroatoms. The maximum atomic E-state index is 12.4. The van der Waals surface area contributed by atoms with Crippen molar-refractivity contribution in [3.05, 3.63) is 11.6 Å². The van der Waals surface area contributed by atoms with E-state index in [1.165, 1.54) is 4.90 Å². The van der Waals surface area contributed by atoms with Crippen molar-refractivity contribution in [3.8, 4) is 0 Å². The van der Waals surface area contributed by atoms with E-state index < -0.39 is 29.8 Å². The molecule has 114 valence electrons. The van der Waals surface area contributed by atoms with E-state index in [1.54, 1.807) is 6.92 Å². The third-order valence-corrected chi connectivity index (χ3v) is 3.10. The Bertz CT molecular complexity index is 407. The summed E-state index contributed by atoms with van der Waals surface area (Å²) in [7, 11) is 0. The highest BCUT2D eigenvalue weighted by molar-refractivity contribution is 5.76. The molecule has 0 saturated carbocycles. The van der Waals surface area contributed by atoms with Crippen LogP contribution in [0.2, 0.25) is 0 Å². The van der Waals surface area contributed by atoms with E-state index >= 15 is 0 Å². The number of aliphatic carboxylic acids is 1. The first-order valence-corrected chi connectivity index (χ1v) is 6.27. The van der Waals surface area contributed by atoms with E-state index in [0.29, 0.717) is 6.42 Å². The second kappa shape index (κ2) is 6.62. The van der Waals surface area contributed by atoms with Crippen molar-refractivity contribution in [2.45, 2.75) is 38.4 Å². The van der Waals surface area contributed by atoms with Crippen molar-refractivity contribution < 1.29 is 27.9 Å². The van der Waals surface area contributed by atoms with Crippen molar-refractivity contribution >= 4 is 12.0 Å². The standard InChI is InChI=1S/C12H17F3N2O3/c1-2-9(7-10(18)19)16-11(20)17-5-3-8(4-6-17)12(13,14)15/h3,9H,2,4-7H2,1H3,(H,16,20)(H,18,19). The normalized spacial score (nSPS) is 17.4. The maximum absolute atomic E-state index is 12.4. The number of hydrogen-bond donors (Lipinski definition) is 2. The van der Waals surface area contributed by atoms with Crippen molar-refractivity contribution in [2.75, 3.05) is 13.1 Å². The Labute approximate surface area is 114 Å². The number of carboxylic acid groups (broad SMARTS) is 1. The smallest absolute Gasteiger partial charge is 0.412 e. The summed E-state index contributed by atoms with van der Waals surface area (Å²) in [6.07, 6.45) is -3.37. The van der Waals surface area contributed by atoms with Gasteiger partial charge in [0.1, 0.15) is 0 Å². The Hall–Kier alpha value is -1.73. The van der Waals surface area contributed by atoms with E-state index in [4.69, 9.17) is 5.11 Å². The molecule has 0 spiro atoms. The second-order valence-corrected chi connectivity index (χ2v) is 4.58. The fraction of sp³-hybridized carbons (Fsp3) is 0.667. The molecule has 0 aromatic rings. The van der Waals surface area contributed by atoms with E-state index in [0.717, 1.165) is 6.08 Å². The van der Waals surface area contributed by atoms with Crippen molar-refractivity contribution in [1.82, 2.24) is 10.2 Å². The zero-order valence-electron chi connectivity index (χ0n) is 11.0. The zero-order chi connectivity index (χ0) is 15.3. The molecule has 20 heavy (non-hydrogen) atoms. The summed E-state index contributed by atoms with van der Waals surface area (Å²) in [5.74, 6) is -1.03. The fourth-order valence-corrected chi connectivity index (χ4v) is 1.89. The highest BCUT2D eigenvalue weighted by atomic mass is 19.4. The molecule has 1 unspecified atom stereocenters. The average molecular weight is 294 g/mol. The average Bonchev–Trinajstić information content (AvgIpc) is 2.36. The number of carbonyl (C=O) groups excluding carboxylic acids is 1. The fourth-order valence-electron chi connectivity index (χ4n) is 1.89. The Morgan fingerprint density at radius 3 is 2.55 bits per heavy atom. The van der Waals surface area contributed by atoms with Gasteiger partial charge in [0.05, 0.1) is 6.42 Å². The largest absolute Gasteiger partial charge is 0.481 e. The number of rotatable bonds is 4. The number of carboxylic acids is 1. The summed E-state index contributed by atoms with van der Waals surface area (Å²) in [6, 6.07) is -1.05. The van der Waals surface area contributed by atoms with Gasteiger partial charge in [0.25, 0.3) is 0 Å². The van der Waals surface area contributed by atoms with Crippen LogP contribution in [0.3, 0.4) is 0 Å². The van der Waals surface area contributed by atoms with Gasteiger partial charge in [-0.1, -0.05) is 13.0 Å². The lowest BCUT2D eigenvalue weighted by Crippen LogP contribution is -2.47. The molecule has 2 N–H and O–H groups in total. The van der Waals surface area contributed by atoms with Gasteiger partial charge in [0.2, 0.25) is 0 Å². The van der Waals surface area contributed by atoms with Crippen LogP contribution in [0.5, 0.6) is 0 Å². The number of amides is 2. The molecule has 0 fully saturated rings. The number of alkyl halides is 3. The molecular formula is C12H17F3N2O3. The van der Waals surface area contributed by atoms with Gasteiger partial charge in [0.15, 0.2) is 0 Å². The quantitative estimate of drug-likeness (QED) is 0.780. The van der Waals surface area contributed by atoms with Crippen LogP contribution in [0, 0.1) is 0 Å². The molecule has 0 saturated heterocycles. The number of carbonyl (C=O) groups is 2. The van der Waals surface area contributed by atoms with Crippen LogP contribution in [0.25, 0.3) is 0 Å². The van der Waals surface area contributed by atoms with Gasteiger partial charge in [-0.05, 0) is 12.8 Å². The summed E-state index contributed by atoms with van der Waals surface area (Å²) in [4.78, 5) is 23.6. The molecule has 0 radical (unpaired) electrons. The van der Waals surface area contributed by atoms with E-state index in [2.05, 4.69) is 5.32 Å². The minimum absolute atomic E-state index is 0.0271. The van der Waals surface area contributed by atoms with Crippen LogP contribution < -0.4 is 5.32 Å². The minimum Gasteiger partial charge on any atom is -0.481 e. The molecule has 0 bridgehead atoms. The number of nitrogens with zero attached hydrogens (tertiary/aromatic N) is 1. The summed E-state index contributed by atoms with van der Waals surface area (Å²) in [5.41, 5.74) is -0.626. The number of urea groups is 1. The van der Waals surface area contributed by atoms with Crippen LogP contribution >= 0.6 is 0 Å². The summed E-state index contributed by atoms with van der Waals surface area (Å²) < 4.78 is 37.3. The van der Waals surface area contributed by atoms with Gasteiger partial charge < -0.3 is 15.3 Å². The third-order valence-electron chi connectivity index (χ3n) is 3.10. The Kier molecular flexibility index (Phi) is 5.41. The molecule has 5 nitrogen and oxygen atoms in total. The van der Waals surface area contributed by atoms with E-state index in [-0.39, 0.29) is 25.9 Å². The molecule has 0 aromatic heterocycles. The molecule has 2 amide bonds. The van der Waals surface area contributed by atoms with Crippen molar-refractivity contribution in [1.29, 1.82) is 0 Å². The Morgan fingerprint density at radius 1 is 1.50 bits per heavy atom. The van der Waals surface area contributed by atoms with Gasteiger partial charge >= 0.3 is 18.2 Å². The monoisotopic (exact) mass is 294 g/mol. The lowest BCUT2D eigenvalue weighted by atomic mass is 10.1. The first kappa shape index (κ1) is 16.3. The van der Waals surface area contributed by atoms with Crippen molar-refractivity contribution in [3.63, 3.8) is 0 Å². The lowest BCUT2D eigenvalue weighted by molar-refractivity contribution is -0.137. The minimum atomic E-state index is -4.35. The number of nitrogens with one attached hydrogen (secondary N) is 1. The van der Waals surface area contributed by atoms with Crippen LogP contribution in [-0.2, 0) is 4.79 Å². The van der Waals surface area contributed by atoms with E-state index in [9.17, 15) is 22.8 Å². The van der Waals surface area contributed by atoms with Gasteiger partial charge in [-0.25, -0.2) is 4.79 Å². The molecule has 1 heterocycles. The zero-order valence-corrected chi connectivity index (χ0v) is 11.0.